The van der Waals surface area contributed by atoms with E-state index in [1.54, 1.807) is 11.8 Å². The maximum absolute atomic E-state index is 16.4. The molecule has 2 N–H and O–H groups in total. The van der Waals surface area contributed by atoms with Crippen LogP contribution in [0.4, 0.5) is 13.2 Å². The summed E-state index contributed by atoms with van der Waals surface area (Å²) < 4.78 is 59.2. The third-order valence-corrected chi connectivity index (χ3v) is 14.2. The number of hydrogen-bond donors (Lipinski definition) is 2. The van der Waals surface area contributed by atoms with Crippen LogP contribution in [0.5, 0.6) is 0 Å². The van der Waals surface area contributed by atoms with Gasteiger partial charge in [-0.1, -0.05) is 68.8 Å². The minimum Gasteiger partial charge on any atom is -0.386 e. The van der Waals surface area contributed by atoms with Gasteiger partial charge in [0.25, 0.3) is 5.92 Å². The zero-order valence-electron chi connectivity index (χ0n) is 29.0. The molecule has 1 aliphatic heterocycles. The summed E-state index contributed by atoms with van der Waals surface area (Å²) in [4.78, 5) is 1.12. The van der Waals surface area contributed by atoms with Crippen LogP contribution >= 0.6 is 11.8 Å². The molecule has 0 amide bonds. The summed E-state index contributed by atoms with van der Waals surface area (Å²) in [6, 6.07) is 18.7. The van der Waals surface area contributed by atoms with E-state index >= 15 is 13.2 Å². The molecule has 48 heavy (non-hydrogen) atoms. The fourth-order valence-corrected chi connectivity index (χ4v) is 11.1. The molecule has 5 aliphatic rings. The first-order valence-corrected chi connectivity index (χ1v) is 18.7. The average Bonchev–Trinajstić information content (AvgIpc) is 3.32. The molecule has 4 nitrogen and oxygen atoms in total. The molecule has 2 aromatic rings. The lowest BCUT2D eigenvalue weighted by Gasteiger charge is -2.60. The molecular weight excluding hydrogens is 633 g/mol. The molecule has 1 heterocycles. The smallest absolute Gasteiger partial charge is 0.281 e. The van der Waals surface area contributed by atoms with Gasteiger partial charge >= 0.3 is 0 Å². The van der Waals surface area contributed by atoms with Crippen molar-refractivity contribution in [2.24, 2.45) is 22.7 Å². The highest BCUT2D eigenvalue weighted by Crippen LogP contribution is 2.71. The lowest BCUT2D eigenvalue weighted by atomic mass is 9.48. The molecule has 4 fully saturated rings. The lowest BCUT2D eigenvalue weighted by Crippen LogP contribution is -2.66. The normalized spacial score (nSPS) is 37.0. The van der Waals surface area contributed by atoms with Crippen molar-refractivity contribution >= 4 is 11.8 Å². The second kappa shape index (κ2) is 11.6. The largest absolute Gasteiger partial charge is 0.386 e. The molecule has 7 rings (SSSR count). The molecular formula is C40H51F3O4S. The summed E-state index contributed by atoms with van der Waals surface area (Å²) in [6.45, 7) is 8.71. The Hall–Kier alpha value is -1.84. The predicted octanol–water partition coefficient (Wildman–Crippen LogP) is 9.39. The number of benzene rings is 2. The van der Waals surface area contributed by atoms with E-state index in [1.165, 1.54) is 11.1 Å². The molecule has 0 bridgehead atoms. The van der Waals surface area contributed by atoms with Gasteiger partial charge in [-0.2, -0.15) is 0 Å². The van der Waals surface area contributed by atoms with Crippen molar-refractivity contribution in [3.8, 4) is 0 Å². The van der Waals surface area contributed by atoms with Gasteiger partial charge in [-0.05, 0) is 86.1 Å². The van der Waals surface area contributed by atoms with Crippen LogP contribution in [0, 0.1) is 22.7 Å². The van der Waals surface area contributed by atoms with Crippen molar-refractivity contribution in [2.45, 2.75) is 131 Å². The van der Waals surface area contributed by atoms with Crippen molar-refractivity contribution in [2.75, 3.05) is 13.2 Å². The van der Waals surface area contributed by atoms with E-state index in [9.17, 15) is 10.2 Å². The summed E-state index contributed by atoms with van der Waals surface area (Å²) >= 11 is 1.75. The Kier molecular flexibility index (Phi) is 8.36. The van der Waals surface area contributed by atoms with Gasteiger partial charge < -0.3 is 19.7 Å². The number of hydrogen-bond acceptors (Lipinski definition) is 5. The molecule has 0 aromatic heterocycles. The number of ether oxygens (including phenoxy) is 2. The van der Waals surface area contributed by atoms with Crippen LogP contribution in [0.3, 0.4) is 0 Å². The number of fused-ring (bicyclic) bond motifs is 4. The molecule has 7 atom stereocenters. The van der Waals surface area contributed by atoms with Gasteiger partial charge in [-0.15, -0.1) is 11.8 Å². The number of halogens is 3. The second-order valence-electron chi connectivity index (χ2n) is 16.9. The molecule has 4 aliphatic carbocycles. The maximum atomic E-state index is 16.4. The molecule has 8 heteroatoms. The van der Waals surface area contributed by atoms with E-state index in [0.29, 0.717) is 65.1 Å². The van der Waals surface area contributed by atoms with Gasteiger partial charge in [0.05, 0.1) is 18.8 Å². The van der Waals surface area contributed by atoms with Crippen LogP contribution < -0.4 is 0 Å². The van der Waals surface area contributed by atoms with Gasteiger partial charge in [0.1, 0.15) is 5.60 Å². The zero-order chi connectivity index (χ0) is 34.4. The van der Waals surface area contributed by atoms with Crippen LogP contribution in [0.1, 0.15) is 103 Å². The molecule has 3 saturated carbocycles. The van der Waals surface area contributed by atoms with E-state index in [2.05, 4.69) is 50.2 Å². The molecule has 4 unspecified atom stereocenters. The maximum Gasteiger partial charge on any atom is 0.281 e. The zero-order valence-corrected chi connectivity index (χ0v) is 29.8. The van der Waals surface area contributed by atoms with Gasteiger partial charge in [-0.3, -0.25) is 0 Å². The highest BCUT2D eigenvalue weighted by Gasteiger charge is 2.74. The minimum absolute atomic E-state index is 0.0175. The van der Waals surface area contributed by atoms with E-state index in [1.807, 2.05) is 25.1 Å². The summed E-state index contributed by atoms with van der Waals surface area (Å²) in [6.07, 6.45) is 3.53. The van der Waals surface area contributed by atoms with Crippen LogP contribution in [-0.4, -0.2) is 52.0 Å². The van der Waals surface area contributed by atoms with Crippen molar-refractivity contribution in [1.82, 2.24) is 0 Å². The topological polar surface area (TPSA) is 58.9 Å². The molecule has 0 radical (unpaired) electrons. The van der Waals surface area contributed by atoms with E-state index in [0.717, 1.165) is 28.7 Å². The fraction of sp³-hybridized carbons (Fsp3) is 0.650. The lowest BCUT2D eigenvalue weighted by molar-refractivity contribution is -0.322. The average molecular weight is 685 g/mol. The van der Waals surface area contributed by atoms with Crippen LogP contribution in [0.15, 0.2) is 70.6 Å². The van der Waals surface area contributed by atoms with Gasteiger partial charge in [0, 0.05) is 47.2 Å². The number of alkyl halides is 3. The first-order chi connectivity index (χ1) is 22.4. The first-order valence-electron chi connectivity index (χ1n) is 17.7. The minimum atomic E-state index is -3.72. The van der Waals surface area contributed by atoms with Crippen molar-refractivity contribution in [1.29, 1.82) is 0 Å². The number of allylic oxidation sites excluding steroid dienone is 1. The Labute approximate surface area is 287 Å². The van der Waals surface area contributed by atoms with Gasteiger partial charge in [-0.25, -0.2) is 13.2 Å². The van der Waals surface area contributed by atoms with E-state index in [4.69, 9.17) is 9.47 Å². The van der Waals surface area contributed by atoms with Gasteiger partial charge in [0.15, 0.2) is 11.5 Å². The Balaban J connectivity index is 1.27. The second-order valence-corrected chi connectivity index (χ2v) is 17.9. The standard InChI is InChI=1S/C40H51F3O4S/c1-34(2)24-46-39(47-25-34)19-16-32-33-29(15-18-38(32,44)23-39)31-17-20-40(45,36(4,41)37(5,42)43)35(31,3)21-30(33)27-11-13-28(14-12-27)48-22-26-9-7-6-8-10-26/h6-14,29-31,44-45H,15-25H2,1-5H3/t29?,30?,31?,35-,36?,38+,40-/m0/s1. The number of rotatable bonds is 6. The third-order valence-electron chi connectivity index (χ3n) is 13.1. The van der Waals surface area contributed by atoms with Crippen LogP contribution in [0.25, 0.3) is 0 Å². The van der Waals surface area contributed by atoms with Crippen LogP contribution in [-0.2, 0) is 15.2 Å². The third kappa shape index (κ3) is 5.42. The quantitative estimate of drug-likeness (QED) is 0.235. The van der Waals surface area contributed by atoms with Crippen molar-refractivity contribution in [3.05, 3.63) is 76.9 Å². The number of thioether (sulfide) groups is 1. The van der Waals surface area contributed by atoms with Crippen molar-refractivity contribution < 1.29 is 32.9 Å². The van der Waals surface area contributed by atoms with E-state index < -0.39 is 34.0 Å². The first kappa shape index (κ1) is 34.6. The molecule has 1 spiro atoms. The Morgan fingerprint density at radius 2 is 1.54 bits per heavy atom. The Bertz CT molecular complexity index is 1540. The van der Waals surface area contributed by atoms with Crippen LogP contribution in [0.2, 0.25) is 0 Å². The highest BCUT2D eigenvalue weighted by molar-refractivity contribution is 7.98. The predicted molar refractivity (Wildman–Crippen MR) is 183 cm³/mol. The Morgan fingerprint density at radius 3 is 2.19 bits per heavy atom. The Morgan fingerprint density at radius 1 is 0.875 bits per heavy atom. The van der Waals surface area contributed by atoms with Crippen molar-refractivity contribution in [3.63, 3.8) is 0 Å². The highest BCUT2D eigenvalue weighted by atomic mass is 32.2. The molecule has 1 saturated heterocycles. The summed E-state index contributed by atoms with van der Waals surface area (Å²) in [7, 11) is 0. The number of aliphatic hydroxyl groups is 2. The SMILES string of the molecule is CC1(C)COC2(CCC3=C4C(c5ccc(SCc6ccccc6)cc5)C[C@@]5(C)C(CC[C@@]5(O)C(C)(F)C(C)(F)F)C4CC[C@@]3(O)C2)OC1. The monoisotopic (exact) mass is 684 g/mol. The summed E-state index contributed by atoms with van der Waals surface area (Å²) in [5.41, 5.74) is -3.15. The fourth-order valence-electron chi connectivity index (χ4n) is 10.2. The molecule has 262 valence electrons. The summed E-state index contributed by atoms with van der Waals surface area (Å²) in [5, 5.41) is 24.7. The summed E-state index contributed by atoms with van der Waals surface area (Å²) in [5.74, 6) is -4.18. The molecule has 2 aromatic carbocycles. The van der Waals surface area contributed by atoms with E-state index in [-0.39, 0.29) is 29.6 Å². The van der Waals surface area contributed by atoms with Gasteiger partial charge in [0.2, 0.25) is 0 Å².